The number of aromatic nitrogens is 3. The predicted octanol–water partition coefficient (Wildman–Crippen LogP) is 5.84. The molecule has 0 radical (unpaired) electrons. The van der Waals surface area contributed by atoms with E-state index in [0.717, 1.165) is 19.3 Å². The van der Waals surface area contributed by atoms with Gasteiger partial charge in [-0.3, -0.25) is 19.1 Å². The first kappa shape index (κ1) is 43.3. The van der Waals surface area contributed by atoms with E-state index in [-0.39, 0.29) is 54.7 Å². The number of nitrogens with one attached hydrogen (secondary N) is 3. The maximum Gasteiger partial charge on any atom is 0.573 e. The van der Waals surface area contributed by atoms with Crippen LogP contribution in [-0.4, -0.2) is 99.7 Å². The van der Waals surface area contributed by atoms with Crippen LogP contribution in [0.3, 0.4) is 0 Å². The van der Waals surface area contributed by atoms with E-state index in [4.69, 9.17) is 14.5 Å². The minimum atomic E-state index is -5.00. The molecule has 64 heavy (non-hydrogen) atoms. The summed E-state index contributed by atoms with van der Waals surface area (Å²) in [5.74, 6) is -3.18. The highest BCUT2D eigenvalue weighted by Crippen LogP contribution is 2.46. The standard InChI is InChI=1S/C44H48F3N7O9S/c45-44(46,47)63-36-19-11-9-15-30(36)34-23-37(54-38(48-34)31-16-8-10-17-32(31)51-54)61-28-22-35-39(55)50-43(41(57)52-64(59,60)29-20-21-29)24-26(43)12-4-2-1-3-5-18-33(40(56)53(35)25-28)49-42(58)62-27-13-6-7-14-27/h4,8-12,15-17,19,23,26-29,33,35H,1-3,5-7,13-14,18,20-22,24-25H2,(H,49,58)(H,50,55)(H,52,57)/b12-4-/t26-,28-,33-,35+,43-/m1/s1. The number of hydrogen-bond acceptors (Lipinski definition) is 11. The molecule has 0 spiro atoms. The molecular formula is C44H48F3N7O9S. The van der Waals surface area contributed by atoms with Crippen LogP contribution in [0.2, 0.25) is 0 Å². The molecule has 0 unspecified atom stereocenters. The van der Waals surface area contributed by atoms with E-state index in [1.54, 1.807) is 24.3 Å². The monoisotopic (exact) mass is 907 g/mol. The van der Waals surface area contributed by atoms with E-state index < -0.39 is 80.8 Å². The molecule has 16 nitrogen and oxygen atoms in total. The second-order valence-electron chi connectivity index (χ2n) is 17.3. The molecule has 20 heteroatoms. The molecule has 4 fully saturated rings. The summed E-state index contributed by atoms with van der Waals surface area (Å²) in [5.41, 5.74) is -0.798. The van der Waals surface area contributed by atoms with Gasteiger partial charge in [-0.25, -0.2) is 18.2 Å². The fourth-order valence-corrected chi connectivity index (χ4v) is 10.4. The summed E-state index contributed by atoms with van der Waals surface area (Å²) >= 11 is 0. The third-order valence-corrected chi connectivity index (χ3v) is 14.5. The van der Waals surface area contributed by atoms with Gasteiger partial charge < -0.3 is 29.7 Å². The molecule has 2 aliphatic heterocycles. The number of benzene rings is 2. The molecule has 5 atom stereocenters. The van der Waals surface area contributed by atoms with Crippen LogP contribution in [0.4, 0.5) is 18.0 Å². The molecule has 340 valence electrons. The number of hydrogen-bond donors (Lipinski definition) is 3. The van der Waals surface area contributed by atoms with E-state index in [2.05, 4.69) is 25.2 Å². The molecule has 0 bridgehead atoms. The SMILES string of the molecule is O=C(N[C@@H]1CCCCC/C=C\[C@@H]2C[C@@]2(C(=O)NS(=O)(=O)C2CC2)NC(=O)[C@@H]2C[C@@H](Oc3cc(-c4ccccc4OC(F)(F)F)nc4c5ccccc5nn34)CN2C1=O)OC1CCCC1. The summed E-state index contributed by atoms with van der Waals surface area (Å²) in [7, 11) is -3.98. The molecule has 2 aromatic heterocycles. The molecule has 3 aliphatic carbocycles. The lowest BCUT2D eigenvalue weighted by Crippen LogP contribution is -2.58. The smallest absolute Gasteiger partial charge is 0.472 e. The van der Waals surface area contributed by atoms with Crippen LogP contribution in [0.15, 0.2) is 66.7 Å². The van der Waals surface area contributed by atoms with Crippen LogP contribution in [-0.2, 0) is 29.1 Å². The molecule has 4 amide bonds. The minimum Gasteiger partial charge on any atom is -0.472 e. The first-order valence-electron chi connectivity index (χ1n) is 21.8. The lowest BCUT2D eigenvalue weighted by molar-refractivity contribution is -0.274. The molecular weight excluding hydrogens is 860 g/mol. The number of fused-ring (bicyclic) bond motifs is 5. The Bertz CT molecular complexity index is 2610. The van der Waals surface area contributed by atoms with E-state index in [0.29, 0.717) is 55.8 Å². The molecule has 2 aromatic carbocycles. The van der Waals surface area contributed by atoms with Crippen LogP contribution >= 0.6 is 0 Å². The third kappa shape index (κ3) is 9.19. The topological polar surface area (TPSA) is 200 Å². The predicted molar refractivity (Wildman–Crippen MR) is 224 cm³/mol. The number of sulfonamides is 1. The van der Waals surface area contributed by atoms with Gasteiger partial charge in [0.15, 0.2) is 5.65 Å². The Morgan fingerprint density at radius 3 is 2.45 bits per heavy atom. The summed E-state index contributed by atoms with van der Waals surface area (Å²) in [5, 5.41) is 10.1. The average Bonchev–Trinajstić information content (AvgIpc) is 4.06. The number of carbonyl (C=O) groups excluding carboxylic acids is 4. The molecule has 1 saturated heterocycles. The van der Waals surface area contributed by atoms with Gasteiger partial charge in [0.1, 0.15) is 35.6 Å². The molecule has 3 N–H and O–H groups in total. The first-order chi connectivity index (χ1) is 30.7. The van der Waals surface area contributed by atoms with Crippen molar-refractivity contribution in [1.29, 1.82) is 0 Å². The van der Waals surface area contributed by atoms with Crippen LogP contribution < -0.4 is 24.8 Å². The van der Waals surface area contributed by atoms with Gasteiger partial charge in [0.2, 0.25) is 27.7 Å². The number of alkyl halides is 3. The van der Waals surface area contributed by atoms with Gasteiger partial charge in [-0.05, 0) is 88.5 Å². The van der Waals surface area contributed by atoms with Gasteiger partial charge in [-0.15, -0.1) is 13.2 Å². The zero-order chi connectivity index (χ0) is 44.8. The van der Waals surface area contributed by atoms with Crippen molar-refractivity contribution in [2.45, 2.75) is 125 Å². The Balaban J connectivity index is 1.07. The van der Waals surface area contributed by atoms with Crippen molar-refractivity contribution in [3.63, 3.8) is 0 Å². The fraction of sp³-hybridized carbons (Fsp3) is 0.500. The number of amides is 4. The highest BCUT2D eigenvalue weighted by molar-refractivity contribution is 7.91. The number of allylic oxidation sites excluding steroid dienone is 1. The maximum absolute atomic E-state index is 14.8. The van der Waals surface area contributed by atoms with Crippen molar-refractivity contribution in [1.82, 2.24) is 34.9 Å². The van der Waals surface area contributed by atoms with Gasteiger partial charge >= 0.3 is 12.5 Å². The molecule has 4 heterocycles. The molecule has 5 aliphatic rings. The van der Waals surface area contributed by atoms with Gasteiger partial charge in [-0.2, -0.15) is 9.61 Å². The minimum absolute atomic E-state index is 0.00446. The quantitative estimate of drug-likeness (QED) is 0.171. The summed E-state index contributed by atoms with van der Waals surface area (Å²) in [6.45, 7) is -0.195. The fourth-order valence-electron chi connectivity index (χ4n) is 9.07. The van der Waals surface area contributed by atoms with E-state index in [9.17, 15) is 40.8 Å². The Kier molecular flexibility index (Phi) is 11.7. The summed E-state index contributed by atoms with van der Waals surface area (Å²) < 4.78 is 86.9. The number of rotatable bonds is 9. The number of nitrogens with zero attached hydrogens (tertiary/aromatic N) is 4. The number of carbonyl (C=O) groups is 4. The largest absolute Gasteiger partial charge is 0.573 e. The lowest BCUT2D eigenvalue weighted by atomic mass is 10.0. The van der Waals surface area contributed by atoms with Crippen molar-refractivity contribution < 1.29 is 55.0 Å². The number of ether oxygens (including phenoxy) is 3. The second kappa shape index (κ2) is 17.2. The van der Waals surface area contributed by atoms with Crippen LogP contribution in [0, 0.1) is 5.92 Å². The van der Waals surface area contributed by atoms with Crippen molar-refractivity contribution in [2.75, 3.05) is 6.54 Å². The first-order valence-corrected chi connectivity index (χ1v) is 23.3. The van der Waals surface area contributed by atoms with Crippen LogP contribution in [0.5, 0.6) is 11.6 Å². The normalized spacial score (nSPS) is 26.3. The van der Waals surface area contributed by atoms with Crippen LogP contribution in [0.25, 0.3) is 27.8 Å². The second-order valence-corrected chi connectivity index (χ2v) is 19.2. The maximum atomic E-state index is 14.8. The summed E-state index contributed by atoms with van der Waals surface area (Å²) in [6, 6.07) is 11.5. The van der Waals surface area contributed by atoms with Gasteiger partial charge in [-0.1, -0.05) is 49.3 Å². The molecule has 9 rings (SSSR count). The summed E-state index contributed by atoms with van der Waals surface area (Å²) in [6.07, 6.45) is 3.69. The van der Waals surface area contributed by atoms with E-state index in [1.165, 1.54) is 39.7 Å². The average molecular weight is 908 g/mol. The Hall–Kier alpha value is -5.92. The van der Waals surface area contributed by atoms with Crippen molar-refractivity contribution in [3.8, 4) is 22.9 Å². The van der Waals surface area contributed by atoms with E-state index in [1.807, 2.05) is 12.2 Å². The van der Waals surface area contributed by atoms with Crippen molar-refractivity contribution >= 4 is 50.4 Å². The van der Waals surface area contributed by atoms with Gasteiger partial charge in [0.05, 0.1) is 23.0 Å². The highest BCUT2D eigenvalue weighted by Gasteiger charge is 2.62. The number of alkyl carbamates (subject to hydrolysis) is 1. The highest BCUT2D eigenvalue weighted by atomic mass is 32.2. The van der Waals surface area contributed by atoms with Gasteiger partial charge in [0, 0.05) is 29.4 Å². The van der Waals surface area contributed by atoms with Crippen molar-refractivity contribution in [2.24, 2.45) is 5.92 Å². The van der Waals surface area contributed by atoms with Crippen LogP contribution in [0.1, 0.15) is 83.5 Å². The van der Waals surface area contributed by atoms with Crippen molar-refractivity contribution in [3.05, 3.63) is 66.7 Å². The molecule has 3 saturated carbocycles. The number of halogens is 3. The zero-order valence-electron chi connectivity index (χ0n) is 34.7. The number of para-hydroxylation sites is 1. The summed E-state index contributed by atoms with van der Waals surface area (Å²) in [4.78, 5) is 62.6. The van der Waals surface area contributed by atoms with E-state index >= 15 is 0 Å². The Morgan fingerprint density at radius 1 is 0.922 bits per heavy atom. The molecule has 4 aromatic rings. The Morgan fingerprint density at radius 2 is 1.67 bits per heavy atom. The Labute approximate surface area is 366 Å². The zero-order valence-corrected chi connectivity index (χ0v) is 35.5. The van der Waals surface area contributed by atoms with Gasteiger partial charge in [0.25, 0.3) is 5.91 Å². The third-order valence-electron chi connectivity index (χ3n) is 12.6. The lowest BCUT2D eigenvalue weighted by Gasteiger charge is -2.30.